The second-order valence-corrected chi connectivity index (χ2v) is 5.04. The lowest BCUT2D eigenvalue weighted by Crippen LogP contribution is -2.21. The Morgan fingerprint density at radius 2 is 1.70 bits per heavy atom. The third-order valence-electron chi connectivity index (χ3n) is 3.11. The van der Waals surface area contributed by atoms with Gasteiger partial charge in [0, 0.05) is 43.0 Å². The molecule has 0 fully saturated rings. The molecule has 7 heteroatoms. The Balaban J connectivity index is 2.15. The summed E-state index contributed by atoms with van der Waals surface area (Å²) in [5.74, 6) is -0.578. The number of amides is 2. The van der Waals surface area contributed by atoms with Gasteiger partial charge in [0.1, 0.15) is 0 Å². The topological polar surface area (TPSA) is 92.6 Å². The average Bonchev–Trinajstić information content (AvgIpc) is 2.54. The van der Waals surface area contributed by atoms with Crippen LogP contribution in [0.3, 0.4) is 0 Å². The first-order valence-electron chi connectivity index (χ1n) is 6.76. The summed E-state index contributed by atoms with van der Waals surface area (Å²) >= 11 is 0. The highest BCUT2D eigenvalue weighted by molar-refractivity contribution is 6.05. The van der Waals surface area contributed by atoms with Gasteiger partial charge >= 0.3 is 0 Å². The fourth-order valence-electron chi connectivity index (χ4n) is 1.93. The Morgan fingerprint density at radius 1 is 1.04 bits per heavy atom. The fourth-order valence-corrected chi connectivity index (χ4v) is 1.93. The van der Waals surface area contributed by atoms with E-state index in [0.29, 0.717) is 16.8 Å². The predicted molar refractivity (Wildman–Crippen MR) is 85.5 cm³/mol. The second kappa shape index (κ2) is 6.69. The van der Waals surface area contributed by atoms with Gasteiger partial charge in [0.15, 0.2) is 0 Å². The number of carbonyl (C=O) groups is 2. The maximum Gasteiger partial charge on any atom is 0.269 e. The summed E-state index contributed by atoms with van der Waals surface area (Å²) in [7, 11) is 3.29. The van der Waals surface area contributed by atoms with Crippen LogP contribution in [0.25, 0.3) is 0 Å². The van der Waals surface area contributed by atoms with Gasteiger partial charge in [-0.15, -0.1) is 0 Å². The monoisotopic (exact) mass is 313 g/mol. The molecular formula is C16H15N3O4. The Labute approximate surface area is 132 Å². The molecule has 0 bridgehead atoms. The van der Waals surface area contributed by atoms with Crippen molar-refractivity contribution in [1.29, 1.82) is 0 Å². The molecule has 0 saturated carbocycles. The highest BCUT2D eigenvalue weighted by Crippen LogP contribution is 2.16. The predicted octanol–water partition coefficient (Wildman–Crippen LogP) is 2.55. The molecule has 0 heterocycles. The zero-order valence-electron chi connectivity index (χ0n) is 12.6. The van der Waals surface area contributed by atoms with Gasteiger partial charge < -0.3 is 10.2 Å². The van der Waals surface area contributed by atoms with Crippen molar-refractivity contribution in [3.8, 4) is 0 Å². The molecular weight excluding hydrogens is 298 g/mol. The van der Waals surface area contributed by atoms with Gasteiger partial charge in [-0.05, 0) is 30.3 Å². The fraction of sp³-hybridized carbons (Fsp3) is 0.125. The molecule has 118 valence electrons. The molecule has 2 aromatic rings. The molecule has 0 radical (unpaired) electrons. The Kier molecular flexibility index (Phi) is 4.70. The standard InChI is InChI=1S/C16H15N3O4/c1-18(2)16(21)12-4-3-5-13(10-12)17-15(20)11-6-8-14(9-7-11)19(22)23/h3-10H,1-2H3,(H,17,20). The van der Waals surface area contributed by atoms with Crippen molar-refractivity contribution in [2.24, 2.45) is 0 Å². The van der Waals surface area contributed by atoms with Crippen LogP contribution in [0.2, 0.25) is 0 Å². The molecule has 0 aromatic heterocycles. The van der Waals surface area contributed by atoms with Crippen LogP contribution in [-0.4, -0.2) is 35.7 Å². The molecule has 0 atom stereocenters. The first-order valence-corrected chi connectivity index (χ1v) is 6.76. The van der Waals surface area contributed by atoms with Gasteiger partial charge in [0.25, 0.3) is 17.5 Å². The minimum atomic E-state index is -0.530. The molecule has 1 N–H and O–H groups in total. The van der Waals surface area contributed by atoms with Gasteiger partial charge in [-0.1, -0.05) is 6.07 Å². The lowest BCUT2D eigenvalue weighted by Gasteiger charge is -2.11. The van der Waals surface area contributed by atoms with E-state index >= 15 is 0 Å². The van der Waals surface area contributed by atoms with E-state index < -0.39 is 10.8 Å². The third-order valence-corrected chi connectivity index (χ3v) is 3.11. The molecule has 0 aliphatic rings. The first kappa shape index (κ1) is 16.2. The Hall–Kier alpha value is -3.22. The largest absolute Gasteiger partial charge is 0.345 e. The van der Waals surface area contributed by atoms with Gasteiger partial charge in [-0.3, -0.25) is 19.7 Å². The zero-order valence-corrected chi connectivity index (χ0v) is 12.6. The van der Waals surface area contributed by atoms with Crippen LogP contribution in [0.5, 0.6) is 0 Å². The molecule has 0 spiro atoms. The van der Waals surface area contributed by atoms with Gasteiger partial charge in [0.2, 0.25) is 0 Å². The number of nitrogens with zero attached hydrogens (tertiary/aromatic N) is 2. The number of hydrogen-bond acceptors (Lipinski definition) is 4. The number of nitro benzene ring substituents is 1. The quantitative estimate of drug-likeness (QED) is 0.693. The van der Waals surface area contributed by atoms with Crippen LogP contribution in [0.4, 0.5) is 11.4 Å². The summed E-state index contributed by atoms with van der Waals surface area (Å²) in [6.07, 6.45) is 0. The van der Waals surface area contributed by atoms with Crippen molar-refractivity contribution in [1.82, 2.24) is 4.90 Å². The van der Waals surface area contributed by atoms with Crippen LogP contribution in [-0.2, 0) is 0 Å². The number of non-ortho nitro benzene ring substituents is 1. The minimum absolute atomic E-state index is 0.0832. The second-order valence-electron chi connectivity index (χ2n) is 5.04. The number of nitro groups is 1. The molecule has 0 aliphatic heterocycles. The lowest BCUT2D eigenvalue weighted by atomic mass is 10.1. The van der Waals surface area contributed by atoms with E-state index in [1.165, 1.54) is 29.2 Å². The number of hydrogen-bond donors (Lipinski definition) is 1. The summed E-state index contributed by atoms with van der Waals surface area (Å²) < 4.78 is 0. The van der Waals surface area contributed by atoms with Crippen molar-refractivity contribution in [2.45, 2.75) is 0 Å². The Bertz CT molecular complexity index is 754. The van der Waals surface area contributed by atoms with Gasteiger partial charge in [-0.2, -0.15) is 0 Å². The van der Waals surface area contributed by atoms with Crippen LogP contribution < -0.4 is 5.32 Å². The maximum atomic E-state index is 12.1. The minimum Gasteiger partial charge on any atom is -0.345 e. The van der Waals surface area contributed by atoms with Crippen LogP contribution in [0.1, 0.15) is 20.7 Å². The van der Waals surface area contributed by atoms with E-state index in [1.807, 2.05) is 0 Å². The number of carbonyl (C=O) groups excluding carboxylic acids is 2. The van der Waals surface area contributed by atoms with Crippen LogP contribution >= 0.6 is 0 Å². The summed E-state index contributed by atoms with van der Waals surface area (Å²) in [6.45, 7) is 0. The normalized spacial score (nSPS) is 10.0. The van der Waals surface area contributed by atoms with Crippen molar-refractivity contribution in [3.05, 3.63) is 69.8 Å². The molecule has 7 nitrogen and oxygen atoms in total. The smallest absolute Gasteiger partial charge is 0.269 e. The van der Waals surface area contributed by atoms with Crippen LogP contribution in [0, 0.1) is 10.1 Å². The average molecular weight is 313 g/mol. The number of benzene rings is 2. The van der Waals surface area contributed by atoms with Crippen molar-refractivity contribution in [2.75, 3.05) is 19.4 Å². The molecule has 2 amide bonds. The SMILES string of the molecule is CN(C)C(=O)c1cccc(NC(=O)c2ccc([N+](=O)[O-])cc2)c1. The highest BCUT2D eigenvalue weighted by atomic mass is 16.6. The summed E-state index contributed by atoms with van der Waals surface area (Å²) in [5, 5.41) is 13.3. The molecule has 2 aromatic carbocycles. The lowest BCUT2D eigenvalue weighted by molar-refractivity contribution is -0.384. The number of rotatable bonds is 4. The van der Waals surface area contributed by atoms with Gasteiger partial charge in [-0.25, -0.2) is 0 Å². The van der Waals surface area contributed by atoms with Crippen LogP contribution in [0.15, 0.2) is 48.5 Å². The molecule has 0 aliphatic carbocycles. The summed E-state index contributed by atoms with van der Waals surface area (Å²) in [6, 6.07) is 11.8. The molecule has 0 saturated heterocycles. The number of anilines is 1. The summed E-state index contributed by atoms with van der Waals surface area (Å²) in [5.41, 5.74) is 1.14. The van der Waals surface area contributed by atoms with Crippen molar-refractivity contribution in [3.63, 3.8) is 0 Å². The van der Waals surface area contributed by atoms with Gasteiger partial charge in [0.05, 0.1) is 4.92 Å². The maximum absolute atomic E-state index is 12.1. The van der Waals surface area contributed by atoms with E-state index in [0.717, 1.165) is 0 Å². The first-order chi connectivity index (χ1) is 10.9. The zero-order chi connectivity index (χ0) is 17.0. The van der Waals surface area contributed by atoms with E-state index in [9.17, 15) is 19.7 Å². The highest BCUT2D eigenvalue weighted by Gasteiger charge is 2.12. The summed E-state index contributed by atoms with van der Waals surface area (Å²) in [4.78, 5) is 35.5. The van der Waals surface area contributed by atoms with E-state index in [2.05, 4.69) is 5.32 Å². The molecule has 2 rings (SSSR count). The van der Waals surface area contributed by atoms with Crippen molar-refractivity contribution < 1.29 is 14.5 Å². The van der Waals surface area contributed by atoms with E-state index in [4.69, 9.17) is 0 Å². The van der Waals surface area contributed by atoms with E-state index in [-0.39, 0.29) is 11.6 Å². The third kappa shape index (κ3) is 3.91. The molecule has 0 unspecified atom stereocenters. The van der Waals surface area contributed by atoms with Crippen molar-refractivity contribution >= 4 is 23.2 Å². The van der Waals surface area contributed by atoms with E-state index in [1.54, 1.807) is 38.4 Å². The molecule has 23 heavy (non-hydrogen) atoms. The Morgan fingerprint density at radius 3 is 2.26 bits per heavy atom. The number of nitrogens with one attached hydrogen (secondary N) is 1.